The molecule has 0 spiro atoms. The Balaban J connectivity index is 2.13. The summed E-state index contributed by atoms with van der Waals surface area (Å²) in [5, 5.41) is 3.15. The normalized spacial score (nSPS) is 22.0. The van der Waals surface area contributed by atoms with Gasteiger partial charge in [-0.3, -0.25) is 0 Å². The second-order valence-corrected chi connectivity index (χ2v) is 6.47. The monoisotopic (exact) mass is 272 g/mol. The molecule has 1 saturated heterocycles. The van der Waals surface area contributed by atoms with E-state index in [0.717, 1.165) is 0 Å². The molecule has 1 aromatic rings. The van der Waals surface area contributed by atoms with Gasteiger partial charge < -0.3 is 5.32 Å². The van der Waals surface area contributed by atoms with Gasteiger partial charge in [-0.1, -0.05) is 12.1 Å². The lowest BCUT2D eigenvalue weighted by Crippen LogP contribution is -2.52. The predicted octanol–water partition coefficient (Wildman–Crippen LogP) is 0.949. The second-order valence-electron chi connectivity index (χ2n) is 4.55. The quantitative estimate of drug-likeness (QED) is 0.891. The predicted molar refractivity (Wildman–Crippen MR) is 68.1 cm³/mol. The molecule has 0 saturated carbocycles. The first kappa shape index (κ1) is 13.5. The van der Waals surface area contributed by atoms with Crippen molar-refractivity contribution in [2.45, 2.75) is 18.7 Å². The summed E-state index contributed by atoms with van der Waals surface area (Å²) in [6.45, 7) is 3.72. The first-order valence-electron chi connectivity index (χ1n) is 5.94. The maximum absolute atomic E-state index is 12.8. The fourth-order valence-corrected chi connectivity index (χ4v) is 3.88. The molecular formula is C12H17FN2O2S. The van der Waals surface area contributed by atoms with Gasteiger partial charge in [0.25, 0.3) is 0 Å². The van der Waals surface area contributed by atoms with E-state index >= 15 is 0 Å². The summed E-state index contributed by atoms with van der Waals surface area (Å²) in [5.41, 5.74) is 0.613. The van der Waals surface area contributed by atoms with Crippen molar-refractivity contribution in [2.75, 3.05) is 19.6 Å². The van der Waals surface area contributed by atoms with Crippen molar-refractivity contribution >= 4 is 10.0 Å². The number of nitrogens with one attached hydrogen (secondary N) is 1. The van der Waals surface area contributed by atoms with Crippen molar-refractivity contribution in [2.24, 2.45) is 0 Å². The highest BCUT2D eigenvalue weighted by Gasteiger charge is 2.29. The van der Waals surface area contributed by atoms with E-state index in [1.54, 1.807) is 0 Å². The third-order valence-corrected chi connectivity index (χ3v) is 5.02. The molecule has 1 aromatic carbocycles. The Bertz CT molecular complexity index is 501. The molecule has 1 fully saturated rings. The second kappa shape index (κ2) is 5.34. The summed E-state index contributed by atoms with van der Waals surface area (Å²) in [7, 11) is -3.33. The first-order chi connectivity index (χ1) is 8.49. The zero-order valence-electron chi connectivity index (χ0n) is 10.3. The van der Waals surface area contributed by atoms with Crippen LogP contribution in [-0.4, -0.2) is 38.4 Å². The van der Waals surface area contributed by atoms with Crippen molar-refractivity contribution in [1.82, 2.24) is 9.62 Å². The maximum Gasteiger partial charge on any atom is 0.218 e. The zero-order chi connectivity index (χ0) is 13.2. The summed E-state index contributed by atoms with van der Waals surface area (Å²) >= 11 is 0. The smallest absolute Gasteiger partial charge is 0.218 e. The van der Waals surface area contributed by atoms with Crippen molar-refractivity contribution in [3.05, 3.63) is 35.6 Å². The molecule has 4 nitrogen and oxygen atoms in total. The molecule has 0 unspecified atom stereocenters. The molecule has 1 aliphatic rings. The Hall–Kier alpha value is -0.980. The molecule has 0 bridgehead atoms. The van der Waals surface area contributed by atoms with Crippen LogP contribution in [0.4, 0.5) is 4.39 Å². The fraction of sp³-hybridized carbons (Fsp3) is 0.500. The van der Waals surface area contributed by atoms with E-state index in [1.807, 2.05) is 6.92 Å². The van der Waals surface area contributed by atoms with Crippen molar-refractivity contribution in [3.8, 4) is 0 Å². The Morgan fingerprint density at radius 2 is 2.06 bits per heavy atom. The Morgan fingerprint density at radius 1 is 1.39 bits per heavy atom. The van der Waals surface area contributed by atoms with Gasteiger partial charge in [-0.15, -0.1) is 0 Å². The highest BCUT2D eigenvalue weighted by molar-refractivity contribution is 7.88. The fourth-order valence-electron chi connectivity index (χ4n) is 2.11. The van der Waals surface area contributed by atoms with Gasteiger partial charge in [0.2, 0.25) is 10.0 Å². The molecule has 0 amide bonds. The van der Waals surface area contributed by atoms with Gasteiger partial charge in [0.1, 0.15) is 5.82 Å². The standard InChI is InChI=1S/C12H17FN2O2S/c1-10-8-14-6-7-15(10)18(16,17)9-11-2-4-12(13)5-3-11/h2-5,10,14H,6-9H2,1H3/t10-/m0/s1. The summed E-state index contributed by atoms with van der Waals surface area (Å²) < 4.78 is 38.8. The lowest BCUT2D eigenvalue weighted by Gasteiger charge is -2.32. The van der Waals surface area contributed by atoms with E-state index < -0.39 is 10.0 Å². The number of hydrogen-bond donors (Lipinski definition) is 1. The lowest BCUT2D eigenvalue weighted by atomic mass is 10.2. The number of hydrogen-bond acceptors (Lipinski definition) is 3. The first-order valence-corrected chi connectivity index (χ1v) is 7.54. The third-order valence-electron chi connectivity index (χ3n) is 3.06. The van der Waals surface area contributed by atoms with Crippen LogP contribution in [0.3, 0.4) is 0 Å². The number of benzene rings is 1. The van der Waals surface area contributed by atoms with E-state index in [2.05, 4.69) is 5.32 Å². The van der Waals surface area contributed by atoms with Crippen LogP contribution < -0.4 is 5.32 Å². The lowest BCUT2D eigenvalue weighted by molar-refractivity contribution is 0.283. The topological polar surface area (TPSA) is 49.4 Å². The van der Waals surface area contributed by atoms with Crippen LogP contribution in [-0.2, 0) is 15.8 Å². The van der Waals surface area contributed by atoms with Crippen LogP contribution in [0.1, 0.15) is 12.5 Å². The molecule has 1 atom stereocenters. The Labute approximate surface area is 107 Å². The summed E-state index contributed by atoms with van der Waals surface area (Å²) in [6.07, 6.45) is 0. The van der Waals surface area contributed by atoms with Gasteiger partial charge in [-0.2, -0.15) is 4.31 Å². The van der Waals surface area contributed by atoms with Gasteiger partial charge in [0.05, 0.1) is 5.75 Å². The number of halogens is 1. The minimum absolute atomic E-state index is 0.0378. The minimum Gasteiger partial charge on any atom is -0.314 e. The molecule has 100 valence electrons. The Morgan fingerprint density at radius 3 is 2.67 bits per heavy atom. The molecule has 1 heterocycles. The van der Waals surface area contributed by atoms with Crippen molar-refractivity contribution < 1.29 is 12.8 Å². The van der Waals surface area contributed by atoms with Gasteiger partial charge in [0.15, 0.2) is 0 Å². The van der Waals surface area contributed by atoms with Crippen molar-refractivity contribution in [3.63, 3.8) is 0 Å². The molecule has 2 rings (SSSR count). The summed E-state index contributed by atoms with van der Waals surface area (Å²) in [5.74, 6) is -0.427. The van der Waals surface area contributed by atoms with Gasteiger partial charge in [-0.05, 0) is 24.6 Å². The number of rotatable bonds is 3. The maximum atomic E-state index is 12.8. The third kappa shape index (κ3) is 3.07. The zero-order valence-corrected chi connectivity index (χ0v) is 11.1. The van der Waals surface area contributed by atoms with Crippen molar-refractivity contribution in [1.29, 1.82) is 0 Å². The molecule has 0 radical (unpaired) electrons. The van der Waals surface area contributed by atoms with Gasteiger partial charge in [0, 0.05) is 25.7 Å². The van der Waals surface area contributed by atoms with E-state index in [1.165, 1.54) is 28.6 Å². The van der Waals surface area contributed by atoms with Crippen LogP contribution in [0.25, 0.3) is 0 Å². The summed E-state index contributed by atoms with van der Waals surface area (Å²) in [6, 6.07) is 5.56. The van der Waals surface area contributed by atoms with Crippen LogP contribution in [0.15, 0.2) is 24.3 Å². The highest BCUT2D eigenvalue weighted by Crippen LogP contribution is 2.15. The largest absolute Gasteiger partial charge is 0.314 e. The number of sulfonamides is 1. The molecular weight excluding hydrogens is 255 g/mol. The van der Waals surface area contributed by atoms with Crippen LogP contribution >= 0.6 is 0 Å². The molecule has 1 N–H and O–H groups in total. The molecule has 0 aromatic heterocycles. The number of piperazine rings is 1. The molecule has 1 aliphatic heterocycles. The van der Waals surface area contributed by atoms with Gasteiger partial charge >= 0.3 is 0 Å². The van der Waals surface area contributed by atoms with Crippen LogP contribution in [0.2, 0.25) is 0 Å². The average Bonchev–Trinajstić information content (AvgIpc) is 2.32. The molecule has 18 heavy (non-hydrogen) atoms. The SMILES string of the molecule is C[C@H]1CNCCN1S(=O)(=O)Cc1ccc(F)cc1. The van der Waals surface area contributed by atoms with Gasteiger partial charge in [-0.25, -0.2) is 12.8 Å². The van der Waals surface area contributed by atoms with E-state index in [4.69, 9.17) is 0 Å². The molecule has 0 aliphatic carbocycles. The Kier molecular flexibility index (Phi) is 3.99. The highest BCUT2D eigenvalue weighted by atomic mass is 32.2. The van der Waals surface area contributed by atoms with Crippen LogP contribution in [0.5, 0.6) is 0 Å². The van der Waals surface area contributed by atoms with E-state index in [0.29, 0.717) is 25.2 Å². The van der Waals surface area contributed by atoms with Crippen LogP contribution in [0, 0.1) is 5.82 Å². The van der Waals surface area contributed by atoms with E-state index in [-0.39, 0.29) is 17.6 Å². The number of nitrogens with zero attached hydrogens (tertiary/aromatic N) is 1. The summed E-state index contributed by atoms with van der Waals surface area (Å²) in [4.78, 5) is 0. The average molecular weight is 272 g/mol. The minimum atomic E-state index is -3.33. The van der Waals surface area contributed by atoms with E-state index in [9.17, 15) is 12.8 Å². The molecule has 6 heteroatoms.